The molecule has 1 aromatic rings. The van der Waals surface area contributed by atoms with Gasteiger partial charge in [0.25, 0.3) is 6.43 Å². The topological polar surface area (TPSA) is 22.1 Å². The monoisotopic (exact) mass is 265 g/mol. The number of aromatic nitrogens is 1. The highest BCUT2D eigenvalue weighted by atomic mass is 79.9. The van der Waals surface area contributed by atoms with Crippen molar-refractivity contribution in [3.05, 3.63) is 23.0 Å². The van der Waals surface area contributed by atoms with Gasteiger partial charge in [-0.25, -0.2) is 8.78 Å². The second kappa shape index (κ2) is 4.68. The predicted octanol–water partition coefficient (Wildman–Crippen LogP) is 3.23. The van der Waals surface area contributed by atoms with Crippen molar-refractivity contribution in [1.29, 1.82) is 0 Å². The van der Waals surface area contributed by atoms with E-state index in [0.717, 1.165) is 5.56 Å². The van der Waals surface area contributed by atoms with E-state index < -0.39 is 6.43 Å². The molecule has 0 amide bonds. The zero-order valence-corrected chi connectivity index (χ0v) is 9.44. The molecule has 5 heteroatoms. The van der Waals surface area contributed by atoms with Crippen molar-refractivity contribution in [1.82, 2.24) is 4.98 Å². The van der Waals surface area contributed by atoms with Gasteiger partial charge >= 0.3 is 0 Å². The number of ether oxygens (including phenoxy) is 1. The van der Waals surface area contributed by atoms with E-state index in [9.17, 15) is 8.78 Å². The smallest absolute Gasteiger partial charge is 0.284 e. The van der Waals surface area contributed by atoms with Crippen LogP contribution in [0.5, 0.6) is 5.75 Å². The average molecular weight is 266 g/mol. The first-order chi connectivity index (χ1) is 6.61. The number of methoxy groups -OCH3 is 1. The Balaban J connectivity index is 3.28. The highest BCUT2D eigenvalue weighted by Gasteiger charge is 2.18. The van der Waals surface area contributed by atoms with Crippen LogP contribution in [-0.2, 0) is 5.33 Å². The Hall–Kier alpha value is -0.710. The van der Waals surface area contributed by atoms with Gasteiger partial charge in [0.15, 0.2) is 0 Å². The molecule has 78 valence electrons. The normalized spacial score (nSPS) is 10.7. The third kappa shape index (κ3) is 2.03. The molecule has 0 aliphatic carbocycles. The highest BCUT2D eigenvalue weighted by molar-refractivity contribution is 9.08. The van der Waals surface area contributed by atoms with Crippen LogP contribution in [0.1, 0.15) is 23.2 Å². The fraction of sp³-hybridized carbons (Fsp3) is 0.444. The maximum atomic E-state index is 12.5. The molecule has 0 fully saturated rings. The maximum absolute atomic E-state index is 12.5. The number of nitrogens with zero attached hydrogens (tertiary/aromatic N) is 1. The Morgan fingerprint density at radius 2 is 2.21 bits per heavy atom. The molecule has 1 rings (SSSR count). The SMILES string of the molecule is COc1c(C(F)F)ncc(CBr)c1C. The molecule has 0 spiro atoms. The van der Waals surface area contributed by atoms with Gasteiger partial charge in [-0.2, -0.15) is 0 Å². The molecule has 0 saturated carbocycles. The molecule has 0 radical (unpaired) electrons. The molecule has 1 heterocycles. The highest BCUT2D eigenvalue weighted by Crippen LogP contribution is 2.31. The largest absolute Gasteiger partial charge is 0.494 e. The first-order valence-corrected chi connectivity index (χ1v) is 5.10. The van der Waals surface area contributed by atoms with Gasteiger partial charge in [-0.05, 0) is 18.1 Å². The summed E-state index contributed by atoms with van der Waals surface area (Å²) in [5.41, 5.74) is 1.26. The van der Waals surface area contributed by atoms with Crippen LogP contribution < -0.4 is 4.74 Å². The van der Waals surface area contributed by atoms with Crippen molar-refractivity contribution in [3.8, 4) is 5.75 Å². The van der Waals surface area contributed by atoms with E-state index in [1.54, 1.807) is 6.92 Å². The first-order valence-electron chi connectivity index (χ1n) is 3.98. The van der Waals surface area contributed by atoms with Gasteiger partial charge in [0.05, 0.1) is 7.11 Å². The molecule has 0 aromatic carbocycles. The Labute approximate surface area is 89.4 Å². The summed E-state index contributed by atoms with van der Waals surface area (Å²) in [5, 5.41) is 0.575. The Bertz CT molecular complexity index is 331. The minimum absolute atomic E-state index is 0.178. The van der Waals surface area contributed by atoms with Crippen LogP contribution in [0.15, 0.2) is 6.20 Å². The van der Waals surface area contributed by atoms with Crippen LogP contribution in [0.3, 0.4) is 0 Å². The van der Waals surface area contributed by atoms with Crippen molar-refractivity contribution in [2.45, 2.75) is 18.7 Å². The molecular weight excluding hydrogens is 256 g/mol. The summed E-state index contributed by atoms with van der Waals surface area (Å²) in [6, 6.07) is 0. The molecule has 0 bridgehead atoms. The molecule has 0 aliphatic rings. The van der Waals surface area contributed by atoms with Crippen LogP contribution in [0, 0.1) is 6.92 Å². The number of alkyl halides is 3. The van der Waals surface area contributed by atoms with Crippen molar-refractivity contribution in [3.63, 3.8) is 0 Å². The van der Waals surface area contributed by atoms with Gasteiger partial charge in [0.2, 0.25) is 0 Å². The molecular formula is C9H10BrF2NO. The minimum Gasteiger partial charge on any atom is -0.494 e. The third-order valence-corrected chi connectivity index (χ3v) is 2.57. The first kappa shape index (κ1) is 11.4. The standard InChI is InChI=1S/C9H10BrF2NO/c1-5-6(3-10)4-13-7(9(11)12)8(5)14-2/h4,9H,3H2,1-2H3. The zero-order chi connectivity index (χ0) is 10.7. The summed E-state index contributed by atoms with van der Waals surface area (Å²) in [5.74, 6) is 0.178. The lowest BCUT2D eigenvalue weighted by molar-refractivity contribution is 0.141. The summed E-state index contributed by atoms with van der Waals surface area (Å²) >= 11 is 3.25. The Morgan fingerprint density at radius 3 is 2.64 bits per heavy atom. The van der Waals surface area contributed by atoms with Gasteiger partial charge in [0, 0.05) is 11.5 Å². The molecule has 0 unspecified atom stereocenters. The summed E-state index contributed by atoms with van der Waals surface area (Å²) < 4.78 is 29.9. The Morgan fingerprint density at radius 1 is 1.57 bits per heavy atom. The molecule has 0 aliphatic heterocycles. The number of hydrogen-bond acceptors (Lipinski definition) is 2. The van der Waals surface area contributed by atoms with Crippen LogP contribution in [0.2, 0.25) is 0 Å². The van der Waals surface area contributed by atoms with Crippen molar-refractivity contribution in [2.24, 2.45) is 0 Å². The van der Waals surface area contributed by atoms with E-state index in [1.807, 2.05) is 0 Å². The molecule has 0 saturated heterocycles. The fourth-order valence-electron chi connectivity index (χ4n) is 1.19. The number of rotatable bonds is 3. The number of halogens is 3. The summed E-state index contributed by atoms with van der Waals surface area (Å²) in [6.07, 6.45) is -1.17. The van der Waals surface area contributed by atoms with E-state index in [1.165, 1.54) is 13.3 Å². The van der Waals surface area contributed by atoms with Crippen molar-refractivity contribution in [2.75, 3.05) is 7.11 Å². The van der Waals surface area contributed by atoms with Gasteiger partial charge in [-0.3, -0.25) is 4.98 Å². The second-order valence-corrected chi connectivity index (χ2v) is 3.32. The Kier molecular flexibility index (Phi) is 3.80. The second-order valence-electron chi connectivity index (χ2n) is 2.76. The number of pyridine rings is 1. The molecule has 0 atom stereocenters. The molecule has 14 heavy (non-hydrogen) atoms. The summed E-state index contributed by atoms with van der Waals surface area (Å²) in [7, 11) is 1.37. The van der Waals surface area contributed by atoms with Gasteiger partial charge in [0.1, 0.15) is 11.4 Å². The van der Waals surface area contributed by atoms with Crippen LogP contribution in [0.4, 0.5) is 8.78 Å². The van der Waals surface area contributed by atoms with Crippen molar-refractivity contribution >= 4 is 15.9 Å². The third-order valence-electron chi connectivity index (χ3n) is 1.97. The minimum atomic E-state index is -2.60. The van der Waals surface area contributed by atoms with E-state index >= 15 is 0 Å². The maximum Gasteiger partial charge on any atom is 0.284 e. The quantitative estimate of drug-likeness (QED) is 0.783. The summed E-state index contributed by atoms with van der Waals surface area (Å²) in [4.78, 5) is 3.68. The van der Waals surface area contributed by atoms with E-state index in [4.69, 9.17) is 4.74 Å². The van der Waals surface area contributed by atoms with E-state index in [-0.39, 0.29) is 11.4 Å². The fourth-order valence-corrected chi connectivity index (χ4v) is 1.75. The van der Waals surface area contributed by atoms with Crippen molar-refractivity contribution < 1.29 is 13.5 Å². The van der Waals surface area contributed by atoms with E-state index in [2.05, 4.69) is 20.9 Å². The summed E-state index contributed by atoms with van der Waals surface area (Å²) in [6.45, 7) is 1.74. The van der Waals surface area contributed by atoms with Gasteiger partial charge in [-0.15, -0.1) is 0 Å². The average Bonchev–Trinajstić information content (AvgIpc) is 2.17. The van der Waals surface area contributed by atoms with Gasteiger partial charge in [-0.1, -0.05) is 15.9 Å². The van der Waals surface area contributed by atoms with Crippen LogP contribution >= 0.6 is 15.9 Å². The molecule has 2 nitrogen and oxygen atoms in total. The van der Waals surface area contributed by atoms with E-state index in [0.29, 0.717) is 10.9 Å². The van der Waals surface area contributed by atoms with Gasteiger partial charge < -0.3 is 4.74 Å². The lowest BCUT2D eigenvalue weighted by Gasteiger charge is -2.12. The lowest BCUT2D eigenvalue weighted by atomic mass is 10.1. The van der Waals surface area contributed by atoms with Crippen LogP contribution in [-0.4, -0.2) is 12.1 Å². The van der Waals surface area contributed by atoms with Crippen LogP contribution in [0.25, 0.3) is 0 Å². The molecule has 0 N–H and O–H groups in total. The predicted molar refractivity (Wildman–Crippen MR) is 53.1 cm³/mol. The molecule has 1 aromatic heterocycles. The lowest BCUT2D eigenvalue weighted by Crippen LogP contribution is -2.01. The number of hydrogen-bond donors (Lipinski definition) is 0. The zero-order valence-electron chi connectivity index (χ0n) is 7.85.